The minimum absolute atomic E-state index is 0.328. The van der Waals surface area contributed by atoms with Crippen LogP contribution in [0, 0.1) is 52.3 Å². The summed E-state index contributed by atoms with van der Waals surface area (Å²) in [6.07, 6.45) is 15.1. The molecule has 0 saturated heterocycles. The Morgan fingerprint density at radius 2 is 1.69 bits per heavy atom. The highest BCUT2D eigenvalue weighted by Crippen LogP contribution is 2.67. The molecule has 29 heavy (non-hydrogen) atoms. The van der Waals surface area contributed by atoms with Gasteiger partial charge in [0, 0.05) is 6.42 Å². The molecule has 0 N–H and O–H groups in total. The van der Waals surface area contributed by atoms with Crippen LogP contribution in [-0.2, 0) is 4.79 Å². The van der Waals surface area contributed by atoms with Crippen LogP contribution in [-0.4, -0.2) is 5.78 Å². The van der Waals surface area contributed by atoms with E-state index in [0.29, 0.717) is 16.6 Å². The third-order valence-corrected chi connectivity index (χ3v) is 10.9. The number of hydrogen-bond donors (Lipinski definition) is 0. The molecule has 0 aromatic rings. The molecule has 4 aliphatic carbocycles. The van der Waals surface area contributed by atoms with Crippen LogP contribution < -0.4 is 0 Å². The minimum atomic E-state index is 0.328. The monoisotopic (exact) mass is 398 g/mol. The molecule has 0 amide bonds. The van der Waals surface area contributed by atoms with Crippen molar-refractivity contribution in [2.24, 2.45) is 52.3 Å². The molecule has 0 aromatic carbocycles. The second-order valence-corrected chi connectivity index (χ2v) is 12.5. The molecule has 4 rings (SSSR count). The standard InChI is InChI=1S/C28H46O/c1-18(2)19(3)7-8-20(4)24-11-12-25-23-10-9-21-17-22(29)13-15-27(21,5)26(23)14-16-28(24,25)6/h17-20,23-26H,7-16H2,1-6H3/t19-,20-,23+,24-,25?,26+,27+,28-/m1/s1. The highest BCUT2D eigenvalue weighted by molar-refractivity contribution is 5.91. The number of fused-ring (bicyclic) bond motifs is 5. The first-order valence-electron chi connectivity index (χ1n) is 12.9. The van der Waals surface area contributed by atoms with Gasteiger partial charge in [0.15, 0.2) is 5.78 Å². The van der Waals surface area contributed by atoms with Gasteiger partial charge in [0.25, 0.3) is 0 Å². The fourth-order valence-electron chi connectivity index (χ4n) is 8.59. The van der Waals surface area contributed by atoms with Gasteiger partial charge in [0.1, 0.15) is 0 Å². The van der Waals surface area contributed by atoms with Crippen LogP contribution in [0.25, 0.3) is 0 Å². The molecule has 164 valence electrons. The van der Waals surface area contributed by atoms with Crippen LogP contribution >= 0.6 is 0 Å². The van der Waals surface area contributed by atoms with Crippen molar-refractivity contribution in [1.82, 2.24) is 0 Å². The first-order chi connectivity index (χ1) is 13.7. The predicted molar refractivity (Wildman–Crippen MR) is 123 cm³/mol. The topological polar surface area (TPSA) is 17.1 Å². The average molecular weight is 399 g/mol. The normalized spacial score (nSPS) is 44.0. The number of rotatable bonds is 5. The fourth-order valence-corrected chi connectivity index (χ4v) is 8.59. The molecule has 4 aliphatic rings. The van der Waals surface area contributed by atoms with Crippen LogP contribution in [0.5, 0.6) is 0 Å². The quantitative estimate of drug-likeness (QED) is 0.461. The summed E-state index contributed by atoms with van der Waals surface area (Å²) in [5.74, 6) is 6.57. The number of ketones is 1. The summed E-state index contributed by atoms with van der Waals surface area (Å²) < 4.78 is 0. The predicted octanol–water partition coefficient (Wildman–Crippen LogP) is 7.84. The van der Waals surface area contributed by atoms with Crippen LogP contribution in [0.2, 0.25) is 0 Å². The maximum absolute atomic E-state index is 12.0. The van der Waals surface area contributed by atoms with E-state index in [1.54, 1.807) is 0 Å². The van der Waals surface area contributed by atoms with Crippen LogP contribution in [0.4, 0.5) is 0 Å². The van der Waals surface area contributed by atoms with E-state index in [4.69, 9.17) is 0 Å². The van der Waals surface area contributed by atoms with Crippen LogP contribution in [0.3, 0.4) is 0 Å². The summed E-state index contributed by atoms with van der Waals surface area (Å²) >= 11 is 0. The van der Waals surface area contributed by atoms with E-state index in [9.17, 15) is 4.79 Å². The number of allylic oxidation sites excluding steroid dienone is 1. The van der Waals surface area contributed by atoms with Gasteiger partial charge >= 0.3 is 0 Å². The zero-order chi connectivity index (χ0) is 21.0. The molecule has 0 aliphatic heterocycles. The highest BCUT2D eigenvalue weighted by atomic mass is 16.1. The molecule has 3 fully saturated rings. The van der Waals surface area contributed by atoms with Crippen molar-refractivity contribution >= 4 is 5.78 Å². The molecule has 0 spiro atoms. The second kappa shape index (κ2) is 7.83. The third-order valence-electron chi connectivity index (χ3n) is 10.9. The summed E-state index contributed by atoms with van der Waals surface area (Å²) in [6.45, 7) is 15.0. The smallest absolute Gasteiger partial charge is 0.155 e. The van der Waals surface area contributed by atoms with Gasteiger partial charge in [-0.15, -0.1) is 0 Å². The zero-order valence-electron chi connectivity index (χ0n) is 20.1. The van der Waals surface area contributed by atoms with Gasteiger partial charge in [-0.1, -0.05) is 60.0 Å². The molecule has 0 radical (unpaired) electrons. The molecule has 3 saturated carbocycles. The van der Waals surface area contributed by atoms with E-state index in [-0.39, 0.29) is 0 Å². The van der Waals surface area contributed by atoms with E-state index in [0.717, 1.165) is 54.3 Å². The molecule has 0 bridgehead atoms. The molecular weight excluding hydrogens is 352 g/mol. The highest BCUT2D eigenvalue weighted by Gasteiger charge is 2.59. The summed E-state index contributed by atoms with van der Waals surface area (Å²) in [5.41, 5.74) is 2.42. The Kier molecular flexibility index (Phi) is 5.84. The van der Waals surface area contributed by atoms with Crippen molar-refractivity contribution < 1.29 is 4.79 Å². The number of carbonyl (C=O) groups is 1. The van der Waals surface area contributed by atoms with Gasteiger partial charge in [-0.3, -0.25) is 4.79 Å². The summed E-state index contributed by atoms with van der Waals surface area (Å²) in [5, 5.41) is 0. The summed E-state index contributed by atoms with van der Waals surface area (Å²) in [7, 11) is 0. The molecule has 8 atom stereocenters. The first-order valence-corrected chi connectivity index (χ1v) is 12.9. The maximum atomic E-state index is 12.0. The van der Waals surface area contributed by atoms with Gasteiger partial charge < -0.3 is 0 Å². The van der Waals surface area contributed by atoms with E-state index >= 15 is 0 Å². The lowest BCUT2D eigenvalue weighted by molar-refractivity contribution is -0.117. The van der Waals surface area contributed by atoms with Crippen LogP contribution in [0.15, 0.2) is 11.6 Å². The molecule has 1 nitrogen and oxygen atoms in total. The second-order valence-electron chi connectivity index (χ2n) is 12.5. The lowest BCUT2D eigenvalue weighted by Gasteiger charge is -2.58. The van der Waals surface area contributed by atoms with Crippen molar-refractivity contribution in [3.05, 3.63) is 11.6 Å². The number of carbonyl (C=O) groups excluding carboxylic acids is 1. The Hall–Kier alpha value is -0.590. The van der Waals surface area contributed by atoms with E-state index in [1.165, 1.54) is 56.9 Å². The average Bonchev–Trinajstić information content (AvgIpc) is 3.03. The van der Waals surface area contributed by atoms with Crippen molar-refractivity contribution in [2.45, 2.75) is 106 Å². The minimum Gasteiger partial charge on any atom is -0.295 e. The van der Waals surface area contributed by atoms with E-state index < -0.39 is 0 Å². The Morgan fingerprint density at radius 3 is 2.41 bits per heavy atom. The van der Waals surface area contributed by atoms with Crippen molar-refractivity contribution in [3.63, 3.8) is 0 Å². The lowest BCUT2D eigenvalue weighted by Crippen LogP contribution is -2.51. The van der Waals surface area contributed by atoms with Crippen molar-refractivity contribution in [1.29, 1.82) is 0 Å². The Balaban J connectivity index is 1.49. The largest absolute Gasteiger partial charge is 0.295 e. The Bertz CT molecular complexity index is 659. The van der Waals surface area contributed by atoms with Gasteiger partial charge in [0.2, 0.25) is 0 Å². The van der Waals surface area contributed by atoms with Gasteiger partial charge in [-0.05, 0) is 103 Å². The number of hydrogen-bond acceptors (Lipinski definition) is 1. The lowest BCUT2D eigenvalue weighted by atomic mass is 9.46. The van der Waals surface area contributed by atoms with Gasteiger partial charge in [0.05, 0.1) is 0 Å². The van der Waals surface area contributed by atoms with Crippen molar-refractivity contribution in [2.75, 3.05) is 0 Å². The van der Waals surface area contributed by atoms with E-state index in [2.05, 4.69) is 47.6 Å². The molecule has 1 heteroatoms. The SMILES string of the molecule is CC(C)[C@H](C)CC[C@@H](C)[C@H]1CCC2[C@@H]3CCC4=CC(=O)CC[C@]4(C)[C@H]3CC[C@@]21C. The molecule has 0 aromatic heterocycles. The summed E-state index contributed by atoms with van der Waals surface area (Å²) in [4.78, 5) is 12.0. The first kappa shape index (κ1) is 21.6. The zero-order valence-corrected chi connectivity index (χ0v) is 20.1. The van der Waals surface area contributed by atoms with Crippen LogP contribution in [0.1, 0.15) is 106 Å². The third kappa shape index (κ3) is 3.57. The summed E-state index contributed by atoms with van der Waals surface area (Å²) in [6, 6.07) is 0. The maximum Gasteiger partial charge on any atom is 0.155 e. The fraction of sp³-hybridized carbons (Fsp3) is 0.893. The van der Waals surface area contributed by atoms with Gasteiger partial charge in [-0.25, -0.2) is 0 Å². The van der Waals surface area contributed by atoms with Gasteiger partial charge in [-0.2, -0.15) is 0 Å². The molecule has 1 unspecified atom stereocenters. The Morgan fingerprint density at radius 1 is 0.931 bits per heavy atom. The Labute approximate surface area is 180 Å². The van der Waals surface area contributed by atoms with E-state index in [1.807, 2.05) is 0 Å². The molecular formula is C28H46O. The van der Waals surface area contributed by atoms with Crippen molar-refractivity contribution in [3.8, 4) is 0 Å². The molecule has 0 heterocycles.